The molecule has 1 heterocycles. The molecule has 13 heavy (non-hydrogen) atoms. The zero-order chi connectivity index (χ0) is 9.10. The maximum atomic E-state index is 4.45. The highest BCUT2D eigenvalue weighted by molar-refractivity contribution is 5.79. The van der Waals surface area contributed by atoms with Gasteiger partial charge < -0.3 is 5.32 Å². The first-order valence-electron chi connectivity index (χ1n) is 4.50. The molecule has 66 valence electrons. The molecule has 0 atom stereocenters. The number of pyridine rings is 1. The Bertz CT molecular complexity index is 410. The molecule has 2 nitrogen and oxygen atoms in total. The number of hydrogen-bond acceptors (Lipinski definition) is 2. The second kappa shape index (κ2) is 3.44. The maximum Gasteiger partial charge on any atom is 0.126 e. The minimum Gasteiger partial charge on any atom is -0.370 e. The summed E-state index contributed by atoms with van der Waals surface area (Å²) in [6.07, 6.45) is 0. The van der Waals surface area contributed by atoms with Crippen LogP contribution >= 0.6 is 0 Å². The van der Waals surface area contributed by atoms with Crippen LogP contribution in [-0.4, -0.2) is 11.5 Å². The number of nitrogens with one attached hydrogen (secondary N) is 1. The highest BCUT2D eigenvalue weighted by atomic mass is 15.0. The van der Waals surface area contributed by atoms with E-state index in [9.17, 15) is 0 Å². The highest BCUT2D eigenvalue weighted by Crippen LogP contribution is 2.13. The van der Waals surface area contributed by atoms with Crippen molar-refractivity contribution in [2.45, 2.75) is 6.92 Å². The van der Waals surface area contributed by atoms with Gasteiger partial charge in [-0.1, -0.05) is 18.2 Å². The van der Waals surface area contributed by atoms with Gasteiger partial charge in [-0.05, 0) is 25.1 Å². The monoisotopic (exact) mass is 172 g/mol. The van der Waals surface area contributed by atoms with E-state index in [-0.39, 0.29) is 0 Å². The van der Waals surface area contributed by atoms with Gasteiger partial charge in [0.05, 0.1) is 5.52 Å². The van der Waals surface area contributed by atoms with Crippen LogP contribution in [0.15, 0.2) is 36.4 Å². The third-order valence-electron chi connectivity index (χ3n) is 1.96. The lowest BCUT2D eigenvalue weighted by Gasteiger charge is -2.02. The number of nitrogens with zero attached hydrogens (tertiary/aromatic N) is 1. The molecule has 0 aliphatic heterocycles. The molecule has 1 aromatic carbocycles. The molecule has 0 aliphatic carbocycles. The Morgan fingerprint density at radius 3 is 2.85 bits per heavy atom. The molecule has 0 aliphatic rings. The van der Waals surface area contributed by atoms with Crippen LogP contribution in [0, 0.1) is 0 Å². The normalized spacial score (nSPS) is 10.2. The lowest BCUT2D eigenvalue weighted by molar-refractivity contribution is 1.17. The standard InChI is InChI=1S/C11H12N2/c1-2-12-11-8-7-9-5-3-4-6-10(9)13-11/h3-8H,2H2,1H3,(H,12,13). The molecule has 0 saturated carbocycles. The van der Waals surface area contributed by atoms with Crippen LogP contribution in [0.5, 0.6) is 0 Å². The summed E-state index contributed by atoms with van der Waals surface area (Å²) in [6.45, 7) is 2.97. The fourth-order valence-corrected chi connectivity index (χ4v) is 1.35. The molecule has 0 amide bonds. The molecule has 2 aromatic rings. The van der Waals surface area contributed by atoms with Crippen molar-refractivity contribution in [2.24, 2.45) is 0 Å². The quantitative estimate of drug-likeness (QED) is 0.753. The van der Waals surface area contributed by atoms with E-state index in [1.54, 1.807) is 0 Å². The molecule has 2 rings (SSSR count). The van der Waals surface area contributed by atoms with Crippen LogP contribution in [0.1, 0.15) is 6.92 Å². The van der Waals surface area contributed by atoms with E-state index in [1.165, 1.54) is 5.39 Å². The number of rotatable bonds is 2. The average molecular weight is 172 g/mol. The molecule has 0 bridgehead atoms. The Kier molecular flexibility index (Phi) is 2.13. The zero-order valence-electron chi connectivity index (χ0n) is 7.62. The summed E-state index contributed by atoms with van der Waals surface area (Å²) < 4.78 is 0. The molecule has 0 spiro atoms. The number of fused-ring (bicyclic) bond motifs is 1. The van der Waals surface area contributed by atoms with Crippen LogP contribution in [0.25, 0.3) is 10.9 Å². The third-order valence-corrected chi connectivity index (χ3v) is 1.96. The molecule has 0 radical (unpaired) electrons. The minimum absolute atomic E-state index is 0.908. The third kappa shape index (κ3) is 1.61. The van der Waals surface area contributed by atoms with Crippen molar-refractivity contribution in [1.82, 2.24) is 4.98 Å². The topological polar surface area (TPSA) is 24.9 Å². The SMILES string of the molecule is CCNc1ccc2ccccc2n1. The minimum atomic E-state index is 0.908. The molecule has 1 aromatic heterocycles. The number of aromatic nitrogens is 1. The summed E-state index contributed by atoms with van der Waals surface area (Å²) in [6, 6.07) is 12.2. The van der Waals surface area contributed by atoms with Crippen molar-refractivity contribution in [3.63, 3.8) is 0 Å². The molecule has 0 fully saturated rings. The molecule has 1 N–H and O–H groups in total. The van der Waals surface area contributed by atoms with Gasteiger partial charge in [-0.15, -0.1) is 0 Å². The first kappa shape index (κ1) is 8.05. The van der Waals surface area contributed by atoms with Crippen LogP contribution in [0.3, 0.4) is 0 Å². The van der Waals surface area contributed by atoms with E-state index in [1.807, 2.05) is 24.3 Å². The van der Waals surface area contributed by atoms with E-state index in [2.05, 4.69) is 29.4 Å². The predicted molar refractivity (Wildman–Crippen MR) is 55.9 cm³/mol. The van der Waals surface area contributed by atoms with Gasteiger partial charge in [-0.25, -0.2) is 4.98 Å². The van der Waals surface area contributed by atoms with Crippen molar-refractivity contribution in [1.29, 1.82) is 0 Å². The summed E-state index contributed by atoms with van der Waals surface area (Å²) in [5.74, 6) is 0.946. The second-order valence-corrected chi connectivity index (χ2v) is 2.92. The van der Waals surface area contributed by atoms with E-state index in [0.717, 1.165) is 17.9 Å². The van der Waals surface area contributed by atoms with E-state index >= 15 is 0 Å². The van der Waals surface area contributed by atoms with Crippen LogP contribution in [0.2, 0.25) is 0 Å². The number of benzene rings is 1. The van der Waals surface area contributed by atoms with E-state index in [0.29, 0.717) is 0 Å². The fraction of sp³-hybridized carbons (Fsp3) is 0.182. The Balaban J connectivity index is 2.49. The summed E-state index contributed by atoms with van der Waals surface area (Å²) in [5.41, 5.74) is 1.04. The Morgan fingerprint density at radius 1 is 1.15 bits per heavy atom. The first-order chi connectivity index (χ1) is 6.40. The molecular weight excluding hydrogens is 160 g/mol. The summed E-state index contributed by atoms with van der Waals surface area (Å²) in [4.78, 5) is 4.45. The Labute approximate surface area is 77.6 Å². The maximum absolute atomic E-state index is 4.45. The van der Waals surface area contributed by atoms with Gasteiger partial charge in [0.2, 0.25) is 0 Å². The van der Waals surface area contributed by atoms with Crippen LogP contribution < -0.4 is 5.32 Å². The van der Waals surface area contributed by atoms with E-state index < -0.39 is 0 Å². The first-order valence-corrected chi connectivity index (χ1v) is 4.50. The molecule has 0 saturated heterocycles. The second-order valence-electron chi connectivity index (χ2n) is 2.92. The van der Waals surface area contributed by atoms with E-state index in [4.69, 9.17) is 0 Å². The largest absolute Gasteiger partial charge is 0.370 e. The lowest BCUT2D eigenvalue weighted by atomic mass is 10.2. The Morgan fingerprint density at radius 2 is 2.00 bits per heavy atom. The summed E-state index contributed by atoms with van der Waals surface area (Å²) >= 11 is 0. The van der Waals surface area contributed by atoms with Crippen molar-refractivity contribution >= 4 is 16.7 Å². The van der Waals surface area contributed by atoms with Crippen molar-refractivity contribution in [3.05, 3.63) is 36.4 Å². The summed E-state index contributed by atoms with van der Waals surface area (Å²) in [7, 11) is 0. The number of hydrogen-bond donors (Lipinski definition) is 1. The highest BCUT2D eigenvalue weighted by Gasteiger charge is 1.94. The van der Waals surface area contributed by atoms with Crippen molar-refractivity contribution < 1.29 is 0 Å². The van der Waals surface area contributed by atoms with Gasteiger partial charge in [0.15, 0.2) is 0 Å². The Hall–Kier alpha value is -1.57. The van der Waals surface area contributed by atoms with Gasteiger partial charge in [0.25, 0.3) is 0 Å². The van der Waals surface area contributed by atoms with Crippen molar-refractivity contribution in [2.75, 3.05) is 11.9 Å². The average Bonchev–Trinajstić information content (AvgIpc) is 2.18. The number of para-hydroxylation sites is 1. The van der Waals surface area contributed by atoms with Gasteiger partial charge >= 0.3 is 0 Å². The summed E-state index contributed by atoms with van der Waals surface area (Å²) in [5, 5.41) is 4.37. The lowest BCUT2D eigenvalue weighted by Crippen LogP contribution is -1.98. The zero-order valence-corrected chi connectivity index (χ0v) is 7.62. The fourth-order valence-electron chi connectivity index (χ4n) is 1.35. The van der Waals surface area contributed by atoms with Gasteiger partial charge in [0, 0.05) is 11.9 Å². The van der Waals surface area contributed by atoms with Crippen LogP contribution in [-0.2, 0) is 0 Å². The molecule has 0 unspecified atom stereocenters. The number of anilines is 1. The molecule has 2 heteroatoms. The molecular formula is C11H12N2. The van der Waals surface area contributed by atoms with Crippen molar-refractivity contribution in [3.8, 4) is 0 Å². The van der Waals surface area contributed by atoms with Gasteiger partial charge in [-0.3, -0.25) is 0 Å². The predicted octanol–water partition coefficient (Wildman–Crippen LogP) is 2.67. The van der Waals surface area contributed by atoms with Gasteiger partial charge in [-0.2, -0.15) is 0 Å². The van der Waals surface area contributed by atoms with Gasteiger partial charge in [0.1, 0.15) is 5.82 Å². The smallest absolute Gasteiger partial charge is 0.126 e. The van der Waals surface area contributed by atoms with Crippen LogP contribution in [0.4, 0.5) is 5.82 Å².